The van der Waals surface area contributed by atoms with Crippen molar-refractivity contribution in [1.82, 2.24) is 15.5 Å². The van der Waals surface area contributed by atoms with Crippen LogP contribution in [0.5, 0.6) is 0 Å². The summed E-state index contributed by atoms with van der Waals surface area (Å²) in [5.41, 5.74) is 2.67. The van der Waals surface area contributed by atoms with E-state index in [9.17, 15) is 9.59 Å². The van der Waals surface area contributed by atoms with Crippen molar-refractivity contribution in [1.29, 1.82) is 0 Å². The average molecular weight is 317 g/mol. The number of carbonyl (C=O) groups is 2. The fraction of sp³-hybridized carbons (Fsp3) is 0.556. The van der Waals surface area contributed by atoms with Gasteiger partial charge in [-0.05, 0) is 44.7 Å². The number of hydrogen-bond acceptors (Lipinski definition) is 2. The van der Waals surface area contributed by atoms with E-state index >= 15 is 0 Å². The lowest BCUT2D eigenvalue weighted by molar-refractivity contribution is -0.121. The predicted octanol–water partition coefficient (Wildman–Crippen LogP) is 2.19. The second-order valence-corrected chi connectivity index (χ2v) is 6.22. The minimum atomic E-state index is -0.168. The van der Waals surface area contributed by atoms with Crippen LogP contribution in [0.2, 0.25) is 0 Å². The van der Waals surface area contributed by atoms with Crippen LogP contribution < -0.4 is 10.6 Å². The van der Waals surface area contributed by atoms with Crippen LogP contribution in [-0.2, 0) is 10.2 Å². The number of rotatable bonds is 7. The number of carbonyl (C=O) groups excluding carboxylic acids is 2. The second kappa shape index (κ2) is 7.49. The summed E-state index contributed by atoms with van der Waals surface area (Å²) in [6.07, 6.45) is 2.20. The number of likely N-dealkylation sites (N-methyl/N-ethyl adjacent to an activating group) is 2. The zero-order valence-corrected chi connectivity index (χ0v) is 14.3. The van der Waals surface area contributed by atoms with Gasteiger partial charge in [0.25, 0.3) is 0 Å². The molecule has 1 aromatic carbocycles. The normalized spacial score (nSPS) is 14.9. The largest absolute Gasteiger partial charge is 0.355 e. The second-order valence-electron chi connectivity index (χ2n) is 6.22. The lowest BCUT2D eigenvalue weighted by Crippen LogP contribution is -2.47. The summed E-state index contributed by atoms with van der Waals surface area (Å²) in [7, 11) is 0. The van der Waals surface area contributed by atoms with Crippen molar-refractivity contribution >= 4 is 11.9 Å². The van der Waals surface area contributed by atoms with Gasteiger partial charge in [0, 0.05) is 25.0 Å². The molecule has 3 amide bonds. The SMILES string of the molecule is CCNC(=O)CN(CC)C(=O)NCC1(c2ccccc2C)CC1. The van der Waals surface area contributed by atoms with Gasteiger partial charge >= 0.3 is 6.03 Å². The van der Waals surface area contributed by atoms with Gasteiger partial charge < -0.3 is 15.5 Å². The van der Waals surface area contributed by atoms with Crippen molar-refractivity contribution in [2.75, 3.05) is 26.2 Å². The molecular formula is C18H27N3O2. The van der Waals surface area contributed by atoms with Crippen molar-refractivity contribution < 1.29 is 9.59 Å². The molecule has 1 aliphatic rings. The fourth-order valence-corrected chi connectivity index (χ4v) is 2.97. The number of nitrogens with zero attached hydrogens (tertiary/aromatic N) is 1. The van der Waals surface area contributed by atoms with E-state index in [0.717, 1.165) is 12.8 Å². The Labute approximate surface area is 138 Å². The first kappa shape index (κ1) is 17.3. The van der Waals surface area contributed by atoms with Gasteiger partial charge in [-0.25, -0.2) is 4.79 Å². The maximum Gasteiger partial charge on any atom is 0.317 e. The van der Waals surface area contributed by atoms with Crippen LogP contribution in [0.3, 0.4) is 0 Å². The molecule has 5 nitrogen and oxygen atoms in total. The van der Waals surface area contributed by atoms with Gasteiger partial charge in [-0.2, -0.15) is 0 Å². The highest BCUT2D eigenvalue weighted by Crippen LogP contribution is 2.48. The molecular weight excluding hydrogens is 290 g/mol. The lowest BCUT2D eigenvalue weighted by atomic mass is 9.92. The van der Waals surface area contributed by atoms with Crippen molar-refractivity contribution in [3.05, 3.63) is 35.4 Å². The molecule has 0 heterocycles. The third kappa shape index (κ3) is 4.24. The molecule has 0 atom stereocenters. The van der Waals surface area contributed by atoms with Crippen LogP contribution in [0.15, 0.2) is 24.3 Å². The molecule has 126 valence electrons. The van der Waals surface area contributed by atoms with Crippen LogP contribution in [0.4, 0.5) is 4.79 Å². The van der Waals surface area contributed by atoms with Gasteiger partial charge in [0.05, 0.1) is 0 Å². The van der Waals surface area contributed by atoms with E-state index in [1.807, 2.05) is 19.9 Å². The Morgan fingerprint density at radius 1 is 1.17 bits per heavy atom. The van der Waals surface area contributed by atoms with E-state index < -0.39 is 0 Å². The van der Waals surface area contributed by atoms with Gasteiger partial charge in [0.1, 0.15) is 6.54 Å². The highest BCUT2D eigenvalue weighted by molar-refractivity contribution is 5.84. The number of urea groups is 1. The van der Waals surface area contributed by atoms with Crippen LogP contribution in [-0.4, -0.2) is 43.0 Å². The monoisotopic (exact) mass is 317 g/mol. The summed E-state index contributed by atoms with van der Waals surface area (Å²) in [4.78, 5) is 25.5. The summed E-state index contributed by atoms with van der Waals surface area (Å²) < 4.78 is 0. The van der Waals surface area contributed by atoms with E-state index in [1.165, 1.54) is 11.1 Å². The maximum absolute atomic E-state index is 12.3. The Morgan fingerprint density at radius 3 is 2.43 bits per heavy atom. The van der Waals surface area contributed by atoms with Gasteiger partial charge in [-0.1, -0.05) is 24.3 Å². The molecule has 0 bridgehead atoms. The van der Waals surface area contributed by atoms with E-state index in [-0.39, 0.29) is 23.9 Å². The molecule has 0 spiro atoms. The average Bonchev–Trinajstić information content (AvgIpc) is 3.32. The van der Waals surface area contributed by atoms with Gasteiger partial charge in [-0.15, -0.1) is 0 Å². The zero-order valence-electron chi connectivity index (χ0n) is 14.3. The standard InChI is InChI=1S/C18H27N3O2/c1-4-19-16(22)12-21(5-2)17(23)20-13-18(10-11-18)15-9-7-6-8-14(15)3/h6-9H,4-5,10-13H2,1-3H3,(H,19,22)(H,20,23). The predicted molar refractivity (Wildman–Crippen MR) is 91.4 cm³/mol. The van der Waals surface area contributed by atoms with Gasteiger partial charge in [0.15, 0.2) is 0 Å². The Bertz CT molecular complexity index is 567. The topological polar surface area (TPSA) is 61.4 Å². The van der Waals surface area contributed by atoms with Gasteiger partial charge in [-0.3, -0.25) is 4.79 Å². The summed E-state index contributed by atoms with van der Waals surface area (Å²) in [6, 6.07) is 8.19. The molecule has 0 saturated heterocycles. The van der Waals surface area contributed by atoms with Crippen LogP contribution in [0.1, 0.15) is 37.8 Å². The molecule has 0 unspecified atom stereocenters. The van der Waals surface area contributed by atoms with E-state index in [2.05, 4.69) is 35.8 Å². The molecule has 2 rings (SSSR count). The minimum absolute atomic E-state index is 0.0755. The Kier molecular flexibility index (Phi) is 5.64. The molecule has 5 heteroatoms. The molecule has 2 N–H and O–H groups in total. The van der Waals surface area contributed by atoms with E-state index in [4.69, 9.17) is 0 Å². The highest BCUT2D eigenvalue weighted by Gasteiger charge is 2.45. The van der Waals surface area contributed by atoms with Crippen molar-refractivity contribution in [2.24, 2.45) is 0 Å². The molecule has 0 radical (unpaired) electrons. The van der Waals surface area contributed by atoms with Crippen molar-refractivity contribution in [3.8, 4) is 0 Å². The number of nitrogens with one attached hydrogen (secondary N) is 2. The number of amides is 3. The Morgan fingerprint density at radius 2 is 1.87 bits per heavy atom. The third-order valence-electron chi connectivity index (χ3n) is 4.53. The molecule has 1 saturated carbocycles. The highest BCUT2D eigenvalue weighted by atomic mass is 16.2. The summed E-state index contributed by atoms with van der Waals surface area (Å²) in [5, 5.41) is 5.74. The number of hydrogen-bond donors (Lipinski definition) is 2. The van der Waals surface area contributed by atoms with Crippen molar-refractivity contribution in [2.45, 2.75) is 39.0 Å². The molecule has 23 heavy (non-hydrogen) atoms. The van der Waals surface area contributed by atoms with Crippen LogP contribution in [0.25, 0.3) is 0 Å². The van der Waals surface area contributed by atoms with E-state index in [0.29, 0.717) is 19.6 Å². The summed E-state index contributed by atoms with van der Waals surface area (Å²) >= 11 is 0. The van der Waals surface area contributed by atoms with Crippen LogP contribution >= 0.6 is 0 Å². The smallest absolute Gasteiger partial charge is 0.317 e. The summed E-state index contributed by atoms with van der Waals surface area (Å²) in [5.74, 6) is -0.121. The van der Waals surface area contributed by atoms with Gasteiger partial charge in [0.2, 0.25) is 5.91 Å². The number of aryl methyl sites for hydroxylation is 1. The van der Waals surface area contributed by atoms with Crippen LogP contribution in [0, 0.1) is 6.92 Å². The molecule has 0 aliphatic heterocycles. The molecule has 1 aromatic rings. The quantitative estimate of drug-likeness (QED) is 0.810. The minimum Gasteiger partial charge on any atom is -0.355 e. The first-order chi connectivity index (χ1) is 11.0. The maximum atomic E-state index is 12.3. The first-order valence-corrected chi connectivity index (χ1v) is 8.38. The lowest BCUT2D eigenvalue weighted by Gasteiger charge is -2.24. The summed E-state index contributed by atoms with van der Waals surface area (Å²) in [6.45, 7) is 7.69. The molecule has 0 aromatic heterocycles. The molecule has 1 aliphatic carbocycles. The zero-order chi connectivity index (χ0) is 16.9. The first-order valence-electron chi connectivity index (χ1n) is 8.38. The Balaban J connectivity index is 1.93. The Hall–Kier alpha value is -2.04. The molecule has 1 fully saturated rings. The fourth-order valence-electron chi connectivity index (χ4n) is 2.97. The van der Waals surface area contributed by atoms with E-state index in [1.54, 1.807) is 4.90 Å². The number of benzene rings is 1. The third-order valence-corrected chi connectivity index (χ3v) is 4.53. The van der Waals surface area contributed by atoms with Crippen molar-refractivity contribution in [3.63, 3.8) is 0 Å².